The predicted octanol–water partition coefficient (Wildman–Crippen LogP) is 3.14. The van der Waals surface area contributed by atoms with E-state index in [2.05, 4.69) is 9.97 Å². The minimum atomic E-state index is -3.38. The van der Waals surface area contributed by atoms with Crippen molar-refractivity contribution in [1.29, 1.82) is 0 Å². The molecule has 0 amide bonds. The van der Waals surface area contributed by atoms with Crippen molar-refractivity contribution in [2.24, 2.45) is 0 Å². The van der Waals surface area contributed by atoms with Crippen LogP contribution in [0, 0.1) is 0 Å². The zero-order valence-electron chi connectivity index (χ0n) is 14.4. The molecule has 0 unspecified atom stereocenters. The van der Waals surface area contributed by atoms with Crippen molar-refractivity contribution in [3.63, 3.8) is 0 Å². The Morgan fingerprint density at radius 2 is 1.72 bits per heavy atom. The average molecular weight is 358 g/mol. The summed E-state index contributed by atoms with van der Waals surface area (Å²) in [5.41, 5.74) is 4.41. The summed E-state index contributed by atoms with van der Waals surface area (Å²) in [6.07, 6.45) is 8.12. The van der Waals surface area contributed by atoms with Crippen LogP contribution in [0.1, 0.15) is 42.4 Å². The highest BCUT2D eigenvalue weighted by atomic mass is 32.2. The monoisotopic (exact) mass is 358 g/mol. The third-order valence-corrected chi connectivity index (χ3v) is 5.97. The number of aryl methyl sites for hydroxylation is 2. The largest absolute Gasteiger partial charge is 0.477 e. The van der Waals surface area contributed by atoms with Gasteiger partial charge in [0.25, 0.3) is 0 Å². The third kappa shape index (κ3) is 3.27. The predicted molar refractivity (Wildman–Crippen MR) is 95.7 cm³/mol. The Balaban J connectivity index is 1.86. The molecular formula is C19H22N2O3S. The van der Waals surface area contributed by atoms with Crippen molar-refractivity contribution in [3.8, 4) is 17.3 Å². The average Bonchev–Trinajstić information content (AvgIpc) is 2.85. The van der Waals surface area contributed by atoms with E-state index in [9.17, 15) is 8.42 Å². The molecule has 132 valence electrons. The van der Waals surface area contributed by atoms with E-state index in [0.717, 1.165) is 61.6 Å². The van der Waals surface area contributed by atoms with E-state index in [1.54, 1.807) is 0 Å². The first-order chi connectivity index (χ1) is 12.0. The summed E-state index contributed by atoms with van der Waals surface area (Å²) in [4.78, 5) is 9.11. The van der Waals surface area contributed by atoms with Crippen LogP contribution in [0.25, 0.3) is 11.4 Å². The van der Waals surface area contributed by atoms with Crippen LogP contribution in [-0.4, -0.2) is 31.2 Å². The summed E-state index contributed by atoms with van der Waals surface area (Å²) in [5, 5.41) is 0.224. The van der Waals surface area contributed by atoms with Gasteiger partial charge in [-0.1, -0.05) is 12.5 Å². The first-order valence-electron chi connectivity index (χ1n) is 8.88. The molecule has 0 N–H and O–H groups in total. The molecule has 5 nitrogen and oxygen atoms in total. The van der Waals surface area contributed by atoms with Gasteiger partial charge in [0.05, 0.1) is 18.0 Å². The van der Waals surface area contributed by atoms with Crippen molar-refractivity contribution >= 4 is 9.84 Å². The second-order valence-corrected chi connectivity index (χ2v) is 8.83. The summed E-state index contributed by atoms with van der Waals surface area (Å²) in [6.45, 7) is 0.676. The van der Waals surface area contributed by atoms with E-state index < -0.39 is 9.84 Å². The number of fused-ring (bicyclic) bond motifs is 2. The van der Waals surface area contributed by atoms with E-state index in [-0.39, 0.29) is 5.03 Å². The third-order valence-electron chi connectivity index (χ3n) is 4.93. The highest BCUT2D eigenvalue weighted by molar-refractivity contribution is 7.90. The van der Waals surface area contributed by atoms with Gasteiger partial charge in [-0.25, -0.2) is 18.4 Å². The van der Waals surface area contributed by atoms with Crippen molar-refractivity contribution < 1.29 is 13.2 Å². The summed E-state index contributed by atoms with van der Waals surface area (Å²) in [7, 11) is -3.38. The molecule has 0 fully saturated rings. The fraction of sp³-hybridized carbons (Fsp3) is 0.474. The van der Waals surface area contributed by atoms with Gasteiger partial charge < -0.3 is 4.74 Å². The van der Waals surface area contributed by atoms with Crippen LogP contribution < -0.4 is 4.74 Å². The van der Waals surface area contributed by atoms with E-state index in [1.807, 2.05) is 18.2 Å². The van der Waals surface area contributed by atoms with Crippen LogP contribution in [0.3, 0.4) is 0 Å². The summed E-state index contributed by atoms with van der Waals surface area (Å²) < 4.78 is 30.3. The van der Waals surface area contributed by atoms with Gasteiger partial charge in [-0.15, -0.1) is 0 Å². The molecule has 1 aliphatic heterocycles. The van der Waals surface area contributed by atoms with Gasteiger partial charge in [0.2, 0.25) is 5.88 Å². The minimum absolute atomic E-state index is 0.224. The van der Waals surface area contributed by atoms with E-state index in [4.69, 9.17) is 4.74 Å². The van der Waals surface area contributed by atoms with Gasteiger partial charge in [0, 0.05) is 11.8 Å². The molecular weight excluding hydrogens is 336 g/mol. The Bertz CT molecular complexity index is 923. The topological polar surface area (TPSA) is 69.2 Å². The van der Waals surface area contributed by atoms with E-state index in [0.29, 0.717) is 23.9 Å². The maximum absolute atomic E-state index is 12.3. The molecule has 1 aliphatic carbocycles. The van der Waals surface area contributed by atoms with Gasteiger partial charge in [-0.2, -0.15) is 0 Å². The molecule has 2 aromatic rings. The van der Waals surface area contributed by atoms with Crippen molar-refractivity contribution in [2.45, 2.75) is 50.0 Å². The first kappa shape index (κ1) is 16.5. The van der Waals surface area contributed by atoms with Crippen LogP contribution >= 0.6 is 0 Å². The Morgan fingerprint density at radius 3 is 2.56 bits per heavy atom. The summed E-state index contributed by atoms with van der Waals surface area (Å²) >= 11 is 0. The van der Waals surface area contributed by atoms with Crippen LogP contribution in [0.15, 0.2) is 23.2 Å². The van der Waals surface area contributed by atoms with Crippen LogP contribution in [0.2, 0.25) is 0 Å². The fourth-order valence-electron chi connectivity index (χ4n) is 3.68. The van der Waals surface area contributed by atoms with Crippen LogP contribution in [-0.2, 0) is 29.1 Å². The lowest BCUT2D eigenvalue weighted by Crippen LogP contribution is -2.11. The first-order valence-corrected chi connectivity index (χ1v) is 10.8. The number of sulfone groups is 1. The Labute approximate surface area is 148 Å². The van der Waals surface area contributed by atoms with Crippen molar-refractivity contribution in [2.75, 3.05) is 12.9 Å². The molecule has 0 aromatic carbocycles. The normalized spacial score (nSPS) is 17.2. The number of hydrogen-bond acceptors (Lipinski definition) is 5. The van der Waals surface area contributed by atoms with Gasteiger partial charge in [-0.3, -0.25) is 0 Å². The quantitative estimate of drug-likeness (QED) is 0.772. The lowest BCUT2D eigenvalue weighted by atomic mass is 10.0. The zero-order valence-corrected chi connectivity index (χ0v) is 15.2. The van der Waals surface area contributed by atoms with Crippen LogP contribution in [0.4, 0.5) is 0 Å². The molecule has 0 radical (unpaired) electrons. The SMILES string of the molecule is CS(=O)(=O)c1nc(-c2ccc3c(n2)OCCC3)cc2c1CCCCC2. The van der Waals surface area contributed by atoms with Crippen molar-refractivity contribution in [3.05, 3.63) is 34.9 Å². The minimum Gasteiger partial charge on any atom is -0.477 e. The molecule has 0 saturated heterocycles. The number of hydrogen-bond donors (Lipinski definition) is 0. The molecule has 0 saturated carbocycles. The number of pyridine rings is 2. The molecule has 0 bridgehead atoms. The maximum atomic E-state index is 12.3. The van der Waals surface area contributed by atoms with Gasteiger partial charge in [-0.05, 0) is 61.8 Å². The molecule has 4 rings (SSSR count). The molecule has 2 aliphatic rings. The maximum Gasteiger partial charge on any atom is 0.217 e. The zero-order chi connectivity index (χ0) is 17.4. The lowest BCUT2D eigenvalue weighted by molar-refractivity contribution is 0.276. The number of aromatic nitrogens is 2. The Hall–Kier alpha value is -1.95. The standard InChI is InChI=1S/C19H22N2O3S/c1-25(22,23)19-15-8-4-2-3-6-14(15)12-17(21-19)16-10-9-13-7-5-11-24-18(13)20-16/h9-10,12H,2-8,11H2,1H3. The number of ether oxygens (including phenoxy) is 1. The highest BCUT2D eigenvalue weighted by Crippen LogP contribution is 2.31. The Kier molecular flexibility index (Phi) is 4.23. The van der Waals surface area contributed by atoms with Crippen LogP contribution in [0.5, 0.6) is 5.88 Å². The van der Waals surface area contributed by atoms with E-state index >= 15 is 0 Å². The molecule has 2 aromatic heterocycles. The fourth-order valence-corrected chi connectivity index (χ4v) is 4.62. The molecule has 25 heavy (non-hydrogen) atoms. The van der Waals surface area contributed by atoms with Gasteiger partial charge in [0.1, 0.15) is 0 Å². The second kappa shape index (κ2) is 6.41. The molecule has 0 spiro atoms. The number of nitrogens with zero attached hydrogens (tertiary/aromatic N) is 2. The Morgan fingerprint density at radius 1 is 0.920 bits per heavy atom. The molecule has 3 heterocycles. The van der Waals surface area contributed by atoms with E-state index in [1.165, 1.54) is 6.26 Å². The number of rotatable bonds is 2. The van der Waals surface area contributed by atoms with Gasteiger partial charge >= 0.3 is 0 Å². The highest BCUT2D eigenvalue weighted by Gasteiger charge is 2.23. The second-order valence-electron chi connectivity index (χ2n) is 6.90. The lowest BCUT2D eigenvalue weighted by Gasteiger charge is -2.17. The smallest absolute Gasteiger partial charge is 0.217 e. The molecule has 6 heteroatoms. The van der Waals surface area contributed by atoms with Crippen molar-refractivity contribution in [1.82, 2.24) is 9.97 Å². The summed E-state index contributed by atoms with van der Waals surface area (Å²) in [6, 6.07) is 5.96. The molecule has 0 atom stereocenters. The van der Waals surface area contributed by atoms with Gasteiger partial charge in [0.15, 0.2) is 14.9 Å². The summed E-state index contributed by atoms with van der Waals surface area (Å²) in [5.74, 6) is 0.654.